The first-order valence-electron chi connectivity index (χ1n) is 5.96. The number of halogens is 3. The van der Waals surface area contributed by atoms with E-state index in [1.807, 2.05) is 6.92 Å². The molecule has 1 atom stereocenters. The SMILES string of the molecule is CCC(C)(C)CNC(C)CCCC(F)(F)F. The van der Waals surface area contributed by atoms with Gasteiger partial charge in [-0.15, -0.1) is 0 Å². The Morgan fingerprint density at radius 2 is 1.75 bits per heavy atom. The quantitative estimate of drug-likeness (QED) is 0.704. The molecular formula is C12H24F3N. The van der Waals surface area contributed by atoms with E-state index in [-0.39, 0.29) is 17.9 Å². The summed E-state index contributed by atoms with van der Waals surface area (Å²) in [4.78, 5) is 0. The van der Waals surface area contributed by atoms with Crippen molar-refractivity contribution in [3.05, 3.63) is 0 Å². The summed E-state index contributed by atoms with van der Waals surface area (Å²) in [6, 6.07) is 0.160. The number of rotatable bonds is 7. The Morgan fingerprint density at radius 3 is 2.19 bits per heavy atom. The third-order valence-corrected chi connectivity index (χ3v) is 2.98. The van der Waals surface area contributed by atoms with Crippen LogP contribution in [0.25, 0.3) is 0 Å². The van der Waals surface area contributed by atoms with Crippen LogP contribution in [0.3, 0.4) is 0 Å². The van der Waals surface area contributed by atoms with Crippen molar-refractivity contribution in [2.75, 3.05) is 6.54 Å². The van der Waals surface area contributed by atoms with Crippen LogP contribution < -0.4 is 5.32 Å². The van der Waals surface area contributed by atoms with Gasteiger partial charge < -0.3 is 5.32 Å². The maximum Gasteiger partial charge on any atom is 0.389 e. The van der Waals surface area contributed by atoms with E-state index in [1.165, 1.54) is 0 Å². The molecule has 98 valence electrons. The number of nitrogens with one attached hydrogen (secondary N) is 1. The molecule has 0 fully saturated rings. The molecule has 0 spiro atoms. The summed E-state index contributed by atoms with van der Waals surface area (Å²) in [7, 11) is 0. The van der Waals surface area contributed by atoms with Crippen LogP contribution in [0.2, 0.25) is 0 Å². The molecule has 0 aliphatic heterocycles. The Morgan fingerprint density at radius 1 is 1.19 bits per heavy atom. The van der Waals surface area contributed by atoms with Crippen LogP contribution >= 0.6 is 0 Å². The number of hydrogen-bond acceptors (Lipinski definition) is 1. The van der Waals surface area contributed by atoms with Crippen LogP contribution in [-0.4, -0.2) is 18.8 Å². The van der Waals surface area contributed by atoms with E-state index in [4.69, 9.17) is 0 Å². The first-order valence-corrected chi connectivity index (χ1v) is 5.96. The second kappa shape index (κ2) is 6.48. The molecule has 0 saturated carbocycles. The lowest BCUT2D eigenvalue weighted by Crippen LogP contribution is -2.35. The monoisotopic (exact) mass is 239 g/mol. The zero-order valence-corrected chi connectivity index (χ0v) is 10.7. The summed E-state index contributed by atoms with van der Waals surface area (Å²) >= 11 is 0. The van der Waals surface area contributed by atoms with Gasteiger partial charge >= 0.3 is 6.18 Å². The molecular weight excluding hydrogens is 215 g/mol. The van der Waals surface area contributed by atoms with E-state index in [2.05, 4.69) is 26.1 Å². The van der Waals surface area contributed by atoms with Crippen LogP contribution in [0.1, 0.15) is 53.4 Å². The molecule has 16 heavy (non-hydrogen) atoms. The zero-order valence-electron chi connectivity index (χ0n) is 10.7. The summed E-state index contributed by atoms with van der Waals surface area (Å²) in [6.07, 6.45) is -2.82. The summed E-state index contributed by atoms with van der Waals surface area (Å²) in [5.41, 5.74) is 0.221. The van der Waals surface area contributed by atoms with Crippen molar-refractivity contribution in [2.24, 2.45) is 5.41 Å². The Labute approximate surface area is 96.8 Å². The third-order valence-electron chi connectivity index (χ3n) is 2.98. The molecule has 1 nitrogen and oxygen atoms in total. The van der Waals surface area contributed by atoms with Gasteiger partial charge in [0, 0.05) is 19.0 Å². The maximum absolute atomic E-state index is 11.9. The summed E-state index contributed by atoms with van der Waals surface area (Å²) in [5.74, 6) is 0. The standard InChI is InChI=1S/C12H24F3N/c1-5-11(3,4)9-16-10(2)7-6-8-12(13,14)15/h10,16H,5-9H2,1-4H3. The number of hydrogen-bond donors (Lipinski definition) is 1. The molecule has 0 aromatic carbocycles. The largest absolute Gasteiger partial charge is 0.389 e. The topological polar surface area (TPSA) is 12.0 Å². The summed E-state index contributed by atoms with van der Waals surface area (Å²) < 4.78 is 35.7. The second-order valence-corrected chi connectivity index (χ2v) is 5.31. The molecule has 0 saturated heterocycles. The van der Waals surface area contributed by atoms with E-state index in [0.717, 1.165) is 13.0 Å². The zero-order chi connectivity index (χ0) is 12.8. The van der Waals surface area contributed by atoms with Crippen molar-refractivity contribution < 1.29 is 13.2 Å². The Balaban J connectivity index is 3.64. The average Bonchev–Trinajstić information content (AvgIpc) is 2.13. The lowest BCUT2D eigenvalue weighted by Gasteiger charge is -2.25. The lowest BCUT2D eigenvalue weighted by molar-refractivity contribution is -0.135. The molecule has 0 aliphatic carbocycles. The Bertz CT molecular complexity index is 187. The van der Waals surface area contributed by atoms with Gasteiger partial charge in [0.2, 0.25) is 0 Å². The third kappa shape index (κ3) is 9.01. The molecule has 0 radical (unpaired) electrons. The molecule has 4 heteroatoms. The molecule has 0 aromatic rings. The Hall–Kier alpha value is -0.250. The summed E-state index contributed by atoms with van der Waals surface area (Å²) in [5, 5.41) is 3.29. The van der Waals surface area contributed by atoms with Crippen molar-refractivity contribution in [1.82, 2.24) is 5.32 Å². The molecule has 0 aliphatic rings. The minimum Gasteiger partial charge on any atom is -0.314 e. The highest BCUT2D eigenvalue weighted by Gasteiger charge is 2.26. The van der Waals surface area contributed by atoms with Crippen LogP contribution in [0, 0.1) is 5.41 Å². The van der Waals surface area contributed by atoms with Crippen molar-refractivity contribution in [3.63, 3.8) is 0 Å². The van der Waals surface area contributed by atoms with E-state index in [1.54, 1.807) is 0 Å². The fourth-order valence-corrected chi connectivity index (χ4v) is 1.29. The highest BCUT2D eigenvalue weighted by atomic mass is 19.4. The highest BCUT2D eigenvalue weighted by molar-refractivity contribution is 4.72. The molecule has 0 heterocycles. The first-order chi connectivity index (χ1) is 7.16. The van der Waals surface area contributed by atoms with Gasteiger partial charge in [0.15, 0.2) is 0 Å². The van der Waals surface area contributed by atoms with E-state index in [9.17, 15) is 13.2 Å². The minimum absolute atomic E-state index is 0.160. The second-order valence-electron chi connectivity index (χ2n) is 5.31. The number of alkyl halides is 3. The van der Waals surface area contributed by atoms with E-state index in [0.29, 0.717) is 6.42 Å². The normalized spacial score (nSPS) is 15.2. The van der Waals surface area contributed by atoms with Gasteiger partial charge in [-0.25, -0.2) is 0 Å². The van der Waals surface area contributed by atoms with Crippen LogP contribution in [0.5, 0.6) is 0 Å². The van der Waals surface area contributed by atoms with Crippen LogP contribution in [-0.2, 0) is 0 Å². The molecule has 0 rings (SSSR count). The predicted molar refractivity (Wildman–Crippen MR) is 61.4 cm³/mol. The minimum atomic E-state index is -4.01. The van der Waals surface area contributed by atoms with Crippen LogP contribution in [0.15, 0.2) is 0 Å². The van der Waals surface area contributed by atoms with Crippen molar-refractivity contribution in [1.29, 1.82) is 0 Å². The smallest absolute Gasteiger partial charge is 0.314 e. The van der Waals surface area contributed by atoms with Crippen molar-refractivity contribution >= 4 is 0 Å². The van der Waals surface area contributed by atoms with Gasteiger partial charge in [0.05, 0.1) is 0 Å². The molecule has 1 N–H and O–H groups in total. The lowest BCUT2D eigenvalue weighted by atomic mass is 9.90. The van der Waals surface area contributed by atoms with Crippen molar-refractivity contribution in [3.8, 4) is 0 Å². The van der Waals surface area contributed by atoms with Crippen LogP contribution in [0.4, 0.5) is 13.2 Å². The predicted octanol–water partition coefficient (Wildman–Crippen LogP) is 4.13. The van der Waals surface area contributed by atoms with Gasteiger partial charge in [0.1, 0.15) is 0 Å². The molecule has 1 unspecified atom stereocenters. The molecule has 0 amide bonds. The molecule has 0 aromatic heterocycles. The Kier molecular flexibility index (Phi) is 6.38. The van der Waals surface area contributed by atoms with Gasteiger partial charge in [0.25, 0.3) is 0 Å². The summed E-state index contributed by atoms with van der Waals surface area (Å²) in [6.45, 7) is 9.24. The average molecular weight is 239 g/mol. The first kappa shape index (κ1) is 15.8. The molecule has 0 bridgehead atoms. The van der Waals surface area contributed by atoms with Gasteiger partial charge in [-0.05, 0) is 31.6 Å². The van der Waals surface area contributed by atoms with Crippen molar-refractivity contribution in [2.45, 2.75) is 65.6 Å². The van der Waals surface area contributed by atoms with E-state index < -0.39 is 12.6 Å². The maximum atomic E-state index is 11.9. The fraction of sp³-hybridized carbons (Fsp3) is 1.00. The fourth-order valence-electron chi connectivity index (χ4n) is 1.29. The van der Waals surface area contributed by atoms with Gasteiger partial charge in [-0.3, -0.25) is 0 Å². The van der Waals surface area contributed by atoms with Gasteiger partial charge in [-0.1, -0.05) is 20.8 Å². The highest BCUT2D eigenvalue weighted by Crippen LogP contribution is 2.23. The van der Waals surface area contributed by atoms with E-state index >= 15 is 0 Å². The van der Waals surface area contributed by atoms with Gasteiger partial charge in [-0.2, -0.15) is 13.2 Å².